The number of nitrogens with one attached hydrogen (secondary N) is 1. The van der Waals surface area contributed by atoms with Crippen molar-refractivity contribution in [2.24, 2.45) is 5.41 Å². The van der Waals surface area contributed by atoms with Crippen molar-refractivity contribution < 1.29 is 22.8 Å². The lowest BCUT2D eigenvalue weighted by Gasteiger charge is -2.35. The van der Waals surface area contributed by atoms with Gasteiger partial charge in [-0.05, 0) is 48.2 Å². The highest BCUT2D eigenvalue weighted by Gasteiger charge is 2.71. The van der Waals surface area contributed by atoms with Gasteiger partial charge in [0.05, 0.1) is 15.8 Å². The van der Waals surface area contributed by atoms with Crippen LogP contribution in [0.3, 0.4) is 0 Å². The van der Waals surface area contributed by atoms with Gasteiger partial charge >= 0.3 is 6.18 Å². The Morgan fingerprint density at radius 2 is 1.74 bits per heavy atom. The molecule has 5 rings (SSSR count). The van der Waals surface area contributed by atoms with E-state index in [0.29, 0.717) is 15.2 Å². The number of para-hydroxylation sites is 1. The van der Waals surface area contributed by atoms with Crippen LogP contribution in [0.25, 0.3) is 10.2 Å². The molecule has 176 valence electrons. The molecule has 34 heavy (non-hydrogen) atoms. The van der Waals surface area contributed by atoms with Crippen LogP contribution in [0.1, 0.15) is 26.7 Å². The molecule has 0 saturated carbocycles. The second kappa shape index (κ2) is 7.55. The van der Waals surface area contributed by atoms with E-state index in [1.54, 1.807) is 38.1 Å². The van der Waals surface area contributed by atoms with E-state index in [1.165, 1.54) is 24.3 Å². The smallest absolute Gasteiger partial charge is 0.336 e. The third-order valence-electron chi connectivity index (χ3n) is 6.12. The minimum absolute atomic E-state index is 0.0551. The Balaban J connectivity index is 1.74. The molecule has 2 heterocycles. The van der Waals surface area contributed by atoms with Crippen molar-refractivity contribution in [1.82, 2.24) is 4.98 Å². The highest BCUT2D eigenvalue weighted by molar-refractivity contribution is 7.22. The Kier molecular flexibility index (Phi) is 5.07. The normalized spacial score (nSPS) is 22.5. The zero-order valence-electron chi connectivity index (χ0n) is 18.2. The average Bonchev–Trinajstić information content (AvgIpc) is 3.24. The Morgan fingerprint density at radius 1 is 1.06 bits per heavy atom. The number of amides is 1. The molecular formula is C24H19ClF3N3O2S. The number of aromatic nitrogens is 1. The lowest BCUT2D eigenvalue weighted by atomic mass is 9.72. The average molecular weight is 506 g/mol. The maximum absolute atomic E-state index is 15.0. The Morgan fingerprint density at radius 3 is 2.38 bits per heavy atom. The molecule has 0 radical (unpaired) electrons. The number of alkyl halides is 3. The first-order valence-electron chi connectivity index (χ1n) is 10.5. The third-order valence-corrected chi connectivity index (χ3v) is 7.32. The van der Waals surface area contributed by atoms with E-state index in [-0.39, 0.29) is 29.4 Å². The van der Waals surface area contributed by atoms with Crippen LogP contribution in [0.4, 0.5) is 24.0 Å². The van der Waals surface area contributed by atoms with Gasteiger partial charge in [0, 0.05) is 22.8 Å². The van der Waals surface area contributed by atoms with E-state index in [2.05, 4.69) is 10.3 Å². The maximum Gasteiger partial charge on any atom is 0.425 e. The molecule has 1 aliphatic carbocycles. The minimum atomic E-state index is -5.11. The molecule has 2 aromatic carbocycles. The molecule has 1 amide bonds. The summed E-state index contributed by atoms with van der Waals surface area (Å²) in [6.45, 7) is 3.60. The van der Waals surface area contributed by atoms with Gasteiger partial charge in [-0.2, -0.15) is 13.2 Å². The number of allylic oxidation sites excluding steroid dienone is 1. The van der Waals surface area contributed by atoms with Crippen molar-refractivity contribution >= 4 is 55.7 Å². The van der Waals surface area contributed by atoms with Gasteiger partial charge in [-0.15, -0.1) is 0 Å². The number of carbonyl (C=O) groups is 2. The molecule has 5 nitrogen and oxygen atoms in total. The number of thiazole rings is 1. The molecule has 0 saturated heterocycles. The van der Waals surface area contributed by atoms with Crippen molar-refractivity contribution in [1.29, 1.82) is 0 Å². The molecule has 10 heteroatoms. The molecule has 1 aromatic heterocycles. The fourth-order valence-corrected chi connectivity index (χ4v) is 5.75. The molecule has 1 aliphatic heterocycles. The number of Topliss-reactive ketones (excluding diaryl/α,β-unsaturated/α-hetero) is 1. The lowest BCUT2D eigenvalue weighted by molar-refractivity contribution is -0.175. The molecular weight excluding hydrogens is 487 g/mol. The fourth-order valence-electron chi connectivity index (χ4n) is 4.70. The molecule has 0 spiro atoms. The van der Waals surface area contributed by atoms with Gasteiger partial charge in [0.1, 0.15) is 0 Å². The number of ketones is 1. The molecule has 1 N–H and O–H groups in total. The first-order valence-corrected chi connectivity index (χ1v) is 11.7. The predicted molar refractivity (Wildman–Crippen MR) is 126 cm³/mol. The Labute approximate surface area is 202 Å². The van der Waals surface area contributed by atoms with E-state index < -0.39 is 34.4 Å². The topological polar surface area (TPSA) is 62.3 Å². The highest BCUT2D eigenvalue weighted by Crippen LogP contribution is 2.54. The number of fused-ring (bicyclic) bond motifs is 1. The van der Waals surface area contributed by atoms with Gasteiger partial charge in [0.15, 0.2) is 10.9 Å². The van der Waals surface area contributed by atoms with Gasteiger partial charge in [0.25, 0.3) is 5.91 Å². The maximum atomic E-state index is 15.0. The van der Waals surface area contributed by atoms with Crippen molar-refractivity contribution in [2.45, 2.75) is 38.4 Å². The monoisotopic (exact) mass is 505 g/mol. The molecule has 1 atom stereocenters. The van der Waals surface area contributed by atoms with E-state index in [1.807, 2.05) is 0 Å². The summed E-state index contributed by atoms with van der Waals surface area (Å²) in [5.74, 6) is -1.99. The molecule has 2 aliphatic rings. The number of halogens is 4. The first kappa shape index (κ1) is 22.9. The molecule has 0 bridgehead atoms. The van der Waals surface area contributed by atoms with Gasteiger partial charge in [-0.3, -0.25) is 14.5 Å². The largest absolute Gasteiger partial charge is 0.425 e. The van der Waals surface area contributed by atoms with Crippen LogP contribution < -0.4 is 10.2 Å². The number of hydrogen-bond acceptors (Lipinski definition) is 5. The van der Waals surface area contributed by atoms with Crippen molar-refractivity contribution in [3.63, 3.8) is 0 Å². The van der Waals surface area contributed by atoms with Crippen molar-refractivity contribution in [3.8, 4) is 0 Å². The number of anilines is 2. The predicted octanol–water partition coefficient (Wildman–Crippen LogP) is 6.35. The van der Waals surface area contributed by atoms with Crippen molar-refractivity contribution in [2.75, 3.05) is 10.2 Å². The van der Waals surface area contributed by atoms with Crippen molar-refractivity contribution in [3.05, 3.63) is 64.8 Å². The van der Waals surface area contributed by atoms with Crippen LogP contribution in [-0.2, 0) is 9.59 Å². The summed E-state index contributed by atoms with van der Waals surface area (Å²) in [6.07, 6.45) is -5.09. The molecule has 3 aromatic rings. The molecule has 0 fully saturated rings. The van der Waals surface area contributed by atoms with Crippen LogP contribution in [0.2, 0.25) is 5.02 Å². The number of hydrogen-bond donors (Lipinski definition) is 1. The van der Waals surface area contributed by atoms with E-state index in [0.717, 1.165) is 16.2 Å². The number of rotatable bonds is 3. The summed E-state index contributed by atoms with van der Waals surface area (Å²) in [4.78, 5) is 32.3. The van der Waals surface area contributed by atoms with E-state index in [9.17, 15) is 22.8 Å². The second-order valence-electron chi connectivity index (χ2n) is 9.24. The number of benzene rings is 2. The lowest BCUT2D eigenvalue weighted by Crippen LogP contribution is -2.61. The highest BCUT2D eigenvalue weighted by atomic mass is 35.5. The Hall–Kier alpha value is -2.91. The summed E-state index contributed by atoms with van der Waals surface area (Å²) in [7, 11) is 0. The van der Waals surface area contributed by atoms with Crippen LogP contribution in [0.5, 0.6) is 0 Å². The Bertz CT molecular complexity index is 1330. The third kappa shape index (κ3) is 3.41. The molecule has 0 unspecified atom stereocenters. The van der Waals surface area contributed by atoms with Gasteiger partial charge < -0.3 is 5.32 Å². The summed E-state index contributed by atoms with van der Waals surface area (Å²) >= 11 is 6.96. The first-order chi connectivity index (χ1) is 15.9. The van der Waals surface area contributed by atoms with Crippen LogP contribution in [-0.4, -0.2) is 28.4 Å². The fraction of sp³-hybridized carbons (Fsp3) is 0.292. The van der Waals surface area contributed by atoms with Gasteiger partial charge in [-0.1, -0.05) is 48.9 Å². The second-order valence-corrected chi connectivity index (χ2v) is 10.7. The van der Waals surface area contributed by atoms with Crippen LogP contribution in [0.15, 0.2) is 59.8 Å². The number of carbonyl (C=O) groups excluding carboxylic acids is 2. The van der Waals surface area contributed by atoms with E-state index in [4.69, 9.17) is 11.6 Å². The summed E-state index contributed by atoms with van der Waals surface area (Å²) < 4.78 is 45.5. The summed E-state index contributed by atoms with van der Waals surface area (Å²) in [6, 6.07) is 12.8. The zero-order valence-corrected chi connectivity index (χ0v) is 19.7. The standard InChI is InChI=1S/C24H19ClF3N3O2S/c1-22(2)11-16-19(17(32)12-22)23(24(26,27)28,20(33)31(16)14-9-7-13(25)8-10-14)30-21-29-15-5-3-4-6-18(15)34-21/h3-10H,11-12H2,1-2H3,(H,29,30)/t23-/m0/s1. The van der Waals surface area contributed by atoms with Gasteiger partial charge in [0.2, 0.25) is 5.54 Å². The number of nitrogens with zero attached hydrogens (tertiary/aromatic N) is 2. The van der Waals surface area contributed by atoms with Crippen LogP contribution >= 0.6 is 22.9 Å². The zero-order chi connectivity index (χ0) is 24.5. The van der Waals surface area contributed by atoms with Crippen LogP contribution in [0, 0.1) is 5.41 Å². The minimum Gasteiger partial charge on any atom is -0.336 e. The summed E-state index contributed by atoms with van der Waals surface area (Å²) in [5.41, 5.74) is -3.65. The summed E-state index contributed by atoms with van der Waals surface area (Å²) in [5, 5.41) is 2.67. The van der Waals surface area contributed by atoms with Gasteiger partial charge in [-0.25, -0.2) is 4.98 Å². The van der Waals surface area contributed by atoms with E-state index >= 15 is 0 Å². The SMILES string of the molecule is CC1(C)CC(=O)C2=C(C1)N(c1ccc(Cl)cc1)C(=O)[C@]2(Nc1nc2ccccc2s1)C(F)(F)F. The quantitative estimate of drug-likeness (QED) is 0.450.